The number of benzene rings is 3. The smallest absolute Gasteiger partial charge is 0.264 e. The Morgan fingerprint density at radius 3 is 2.24 bits per heavy atom. The molecule has 1 N–H and O–H groups in total. The minimum atomic E-state index is -3.95. The number of methoxy groups -OCH3 is 1. The first kappa shape index (κ1) is 25.3. The molecule has 180 valence electrons. The van der Waals surface area contributed by atoms with Crippen molar-refractivity contribution in [2.24, 2.45) is 0 Å². The number of anilines is 1. The Balaban J connectivity index is 1.92. The number of nitrogens with zero attached hydrogens (tertiary/aromatic N) is 1. The highest BCUT2D eigenvalue weighted by Crippen LogP contribution is 2.27. The Bertz CT molecular complexity index is 1260. The van der Waals surface area contributed by atoms with Gasteiger partial charge in [-0.2, -0.15) is 0 Å². The summed E-state index contributed by atoms with van der Waals surface area (Å²) >= 11 is 0. The third-order valence-electron chi connectivity index (χ3n) is 5.96. The lowest BCUT2D eigenvalue weighted by Gasteiger charge is -2.26. The van der Waals surface area contributed by atoms with Crippen LogP contribution in [0.2, 0.25) is 0 Å². The van der Waals surface area contributed by atoms with E-state index in [1.54, 1.807) is 37.4 Å². The van der Waals surface area contributed by atoms with Crippen LogP contribution < -0.4 is 14.4 Å². The van der Waals surface area contributed by atoms with E-state index in [2.05, 4.69) is 5.32 Å². The molecular weight excluding hydrogens is 448 g/mol. The van der Waals surface area contributed by atoms with Gasteiger partial charge in [0.1, 0.15) is 12.3 Å². The lowest BCUT2D eigenvalue weighted by atomic mass is 10.0. The van der Waals surface area contributed by atoms with Crippen LogP contribution in [0.25, 0.3) is 0 Å². The summed E-state index contributed by atoms with van der Waals surface area (Å²) in [5, 5.41) is 3.01. The zero-order valence-electron chi connectivity index (χ0n) is 20.3. The third kappa shape index (κ3) is 5.59. The maximum atomic E-state index is 13.5. The Morgan fingerprint density at radius 1 is 0.941 bits per heavy atom. The molecule has 1 unspecified atom stereocenters. The molecule has 0 bridgehead atoms. The Hall–Kier alpha value is -3.32. The van der Waals surface area contributed by atoms with E-state index in [4.69, 9.17) is 4.74 Å². The van der Waals surface area contributed by atoms with Crippen molar-refractivity contribution >= 4 is 21.6 Å². The molecule has 3 aromatic carbocycles. The van der Waals surface area contributed by atoms with Gasteiger partial charge in [-0.05, 0) is 79.8 Å². The van der Waals surface area contributed by atoms with Gasteiger partial charge in [0.15, 0.2) is 0 Å². The number of hydrogen-bond acceptors (Lipinski definition) is 4. The summed E-state index contributed by atoms with van der Waals surface area (Å²) in [4.78, 5) is 13.3. The van der Waals surface area contributed by atoms with Crippen LogP contribution in [0.3, 0.4) is 0 Å². The molecule has 0 saturated carbocycles. The fraction of sp³-hybridized carbons (Fsp3) is 0.296. The first-order valence-electron chi connectivity index (χ1n) is 11.3. The molecule has 0 aliphatic carbocycles. The van der Waals surface area contributed by atoms with Crippen LogP contribution in [0.1, 0.15) is 41.6 Å². The summed E-state index contributed by atoms with van der Waals surface area (Å²) in [5.74, 6) is 0.401. The zero-order valence-corrected chi connectivity index (χ0v) is 21.1. The van der Waals surface area contributed by atoms with E-state index in [1.807, 2.05) is 52.0 Å². The van der Waals surface area contributed by atoms with Gasteiger partial charge in [0.2, 0.25) is 5.91 Å². The molecule has 0 aliphatic rings. The third-order valence-corrected chi connectivity index (χ3v) is 7.75. The van der Waals surface area contributed by atoms with Crippen molar-refractivity contribution in [3.8, 4) is 5.75 Å². The van der Waals surface area contributed by atoms with Crippen molar-refractivity contribution in [2.75, 3.05) is 18.0 Å². The largest absolute Gasteiger partial charge is 0.496 e. The van der Waals surface area contributed by atoms with Gasteiger partial charge in [0.25, 0.3) is 10.0 Å². The molecule has 0 radical (unpaired) electrons. The Kier molecular flexibility index (Phi) is 7.99. The summed E-state index contributed by atoms with van der Waals surface area (Å²) in [6, 6.07) is 19.1. The van der Waals surface area contributed by atoms with Gasteiger partial charge in [-0.15, -0.1) is 0 Å². The fourth-order valence-corrected chi connectivity index (χ4v) is 5.26. The fourth-order valence-electron chi connectivity index (χ4n) is 3.83. The van der Waals surface area contributed by atoms with Crippen LogP contribution in [0, 0.1) is 20.8 Å². The maximum absolute atomic E-state index is 13.5. The second kappa shape index (κ2) is 10.7. The molecule has 7 heteroatoms. The van der Waals surface area contributed by atoms with Crippen molar-refractivity contribution in [2.45, 2.75) is 45.1 Å². The van der Waals surface area contributed by atoms with E-state index in [0.29, 0.717) is 12.1 Å². The topological polar surface area (TPSA) is 75.7 Å². The molecule has 1 amide bonds. The van der Waals surface area contributed by atoms with Gasteiger partial charge in [-0.1, -0.05) is 43.3 Å². The number of ether oxygens (including phenoxy) is 1. The lowest BCUT2D eigenvalue weighted by molar-refractivity contribution is -0.120. The van der Waals surface area contributed by atoms with E-state index in [1.165, 1.54) is 16.4 Å². The van der Waals surface area contributed by atoms with Crippen molar-refractivity contribution in [1.29, 1.82) is 0 Å². The second-order valence-electron chi connectivity index (χ2n) is 8.35. The highest BCUT2D eigenvalue weighted by atomic mass is 32.2. The predicted molar refractivity (Wildman–Crippen MR) is 136 cm³/mol. The minimum Gasteiger partial charge on any atom is -0.496 e. The minimum absolute atomic E-state index is 0.138. The van der Waals surface area contributed by atoms with Crippen molar-refractivity contribution in [1.82, 2.24) is 5.32 Å². The second-order valence-corrected chi connectivity index (χ2v) is 10.2. The number of aryl methyl sites for hydroxylation is 3. The molecule has 3 rings (SSSR count). The summed E-state index contributed by atoms with van der Waals surface area (Å²) in [7, 11) is -2.33. The molecule has 0 aromatic heterocycles. The molecule has 1 atom stereocenters. The van der Waals surface area contributed by atoms with Crippen LogP contribution in [-0.4, -0.2) is 28.0 Å². The molecular formula is C27H32N2O4S. The van der Waals surface area contributed by atoms with Gasteiger partial charge in [0.05, 0.1) is 23.7 Å². The predicted octanol–water partition coefficient (Wildman–Crippen LogP) is 5.08. The van der Waals surface area contributed by atoms with Crippen molar-refractivity contribution in [3.05, 3.63) is 89.0 Å². The molecule has 0 spiro atoms. The van der Waals surface area contributed by atoms with Crippen molar-refractivity contribution in [3.63, 3.8) is 0 Å². The Morgan fingerprint density at radius 2 is 1.65 bits per heavy atom. The summed E-state index contributed by atoms with van der Waals surface area (Å²) < 4.78 is 33.6. The van der Waals surface area contributed by atoms with Crippen LogP contribution >= 0.6 is 0 Å². The molecule has 0 fully saturated rings. The summed E-state index contributed by atoms with van der Waals surface area (Å²) in [5.41, 5.74) is 4.36. The summed E-state index contributed by atoms with van der Waals surface area (Å²) in [6.45, 7) is 7.48. The highest BCUT2D eigenvalue weighted by molar-refractivity contribution is 7.92. The number of hydrogen-bond donors (Lipinski definition) is 1. The quantitative estimate of drug-likeness (QED) is 0.463. The van der Waals surface area contributed by atoms with E-state index in [0.717, 1.165) is 28.0 Å². The molecule has 0 heterocycles. The van der Waals surface area contributed by atoms with Gasteiger partial charge in [-0.3, -0.25) is 9.10 Å². The number of sulfonamides is 1. The van der Waals surface area contributed by atoms with Crippen LogP contribution in [0.5, 0.6) is 5.75 Å². The van der Waals surface area contributed by atoms with Gasteiger partial charge in [-0.25, -0.2) is 8.42 Å². The number of carbonyl (C=O) groups is 1. The normalized spacial score (nSPS) is 12.1. The van der Waals surface area contributed by atoms with Gasteiger partial charge >= 0.3 is 0 Å². The molecule has 34 heavy (non-hydrogen) atoms. The van der Waals surface area contributed by atoms with Gasteiger partial charge in [0, 0.05) is 0 Å². The van der Waals surface area contributed by atoms with Crippen LogP contribution in [0.15, 0.2) is 71.6 Å². The first-order valence-corrected chi connectivity index (χ1v) is 12.7. The van der Waals surface area contributed by atoms with E-state index < -0.39 is 10.0 Å². The lowest BCUT2D eigenvalue weighted by Crippen LogP contribution is -2.42. The molecule has 0 aliphatic heterocycles. The molecule has 3 aromatic rings. The zero-order chi connectivity index (χ0) is 24.9. The standard InChI is InChI=1S/C27H32N2O4S/c1-6-25(22-13-15-26(33-5)21(4)16-22)28-27(30)18-29(23-14-12-19(2)20(3)17-23)34(31,32)24-10-8-7-9-11-24/h7-17,25H,6,18H2,1-5H3,(H,28,30). The number of rotatable bonds is 9. The Labute approximate surface area is 202 Å². The van der Waals surface area contributed by atoms with Gasteiger partial charge < -0.3 is 10.1 Å². The SMILES string of the molecule is CCC(NC(=O)CN(c1ccc(C)c(C)c1)S(=O)(=O)c1ccccc1)c1ccc(OC)c(C)c1. The monoisotopic (exact) mass is 480 g/mol. The van der Waals surface area contributed by atoms with Crippen molar-refractivity contribution < 1.29 is 17.9 Å². The average molecular weight is 481 g/mol. The maximum Gasteiger partial charge on any atom is 0.264 e. The average Bonchev–Trinajstić information content (AvgIpc) is 2.83. The van der Waals surface area contributed by atoms with E-state index in [-0.39, 0.29) is 23.4 Å². The highest BCUT2D eigenvalue weighted by Gasteiger charge is 2.28. The number of amides is 1. The summed E-state index contributed by atoms with van der Waals surface area (Å²) in [6.07, 6.45) is 0.659. The number of carbonyl (C=O) groups excluding carboxylic acids is 1. The first-order chi connectivity index (χ1) is 16.2. The van der Waals surface area contributed by atoms with E-state index in [9.17, 15) is 13.2 Å². The molecule has 6 nitrogen and oxygen atoms in total. The van der Waals surface area contributed by atoms with Crippen LogP contribution in [-0.2, 0) is 14.8 Å². The van der Waals surface area contributed by atoms with E-state index >= 15 is 0 Å². The number of nitrogens with one attached hydrogen (secondary N) is 1. The van der Waals surface area contributed by atoms with Crippen LogP contribution in [0.4, 0.5) is 5.69 Å². The molecule has 0 saturated heterocycles.